The van der Waals surface area contributed by atoms with E-state index >= 15 is 0 Å². The monoisotopic (exact) mass is 199 g/mol. The average molecular weight is 199 g/mol. The van der Waals surface area contributed by atoms with Gasteiger partial charge in [0.1, 0.15) is 6.07 Å². The van der Waals surface area contributed by atoms with Crippen molar-refractivity contribution in [2.45, 2.75) is 12.8 Å². The van der Waals surface area contributed by atoms with Crippen LogP contribution in [-0.4, -0.2) is 11.5 Å². The summed E-state index contributed by atoms with van der Waals surface area (Å²) in [6.45, 7) is 2.70. The predicted molar refractivity (Wildman–Crippen MR) is 60.5 cm³/mol. The summed E-state index contributed by atoms with van der Waals surface area (Å²) in [6, 6.07) is 7.92. The third-order valence-corrected chi connectivity index (χ3v) is 2.75. The fourth-order valence-corrected chi connectivity index (χ4v) is 1.80. The van der Waals surface area contributed by atoms with E-state index in [-0.39, 0.29) is 0 Å². The minimum atomic E-state index is 0.313. The lowest BCUT2D eigenvalue weighted by atomic mass is 10.00. The van der Waals surface area contributed by atoms with Crippen LogP contribution in [0.1, 0.15) is 24.0 Å². The summed E-state index contributed by atoms with van der Waals surface area (Å²) in [5.74, 6) is 0.313. The number of nitrogens with zero attached hydrogens (tertiary/aromatic N) is 1. The van der Waals surface area contributed by atoms with E-state index in [0.717, 1.165) is 10.9 Å². The normalized spacial score (nSPS) is 12.6. The molecule has 0 amide bonds. The maximum atomic E-state index is 8.95. The summed E-state index contributed by atoms with van der Waals surface area (Å²) in [6.07, 6.45) is 1.95. The topological polar surface area (TPSA) is 65.6 Å². The van der Waals surface area contributed by atoms with Gasteiger partial charge in [0.15, 0.2) is 0 Å². The summed E-state index contributed by atoms with van der Waals surface area (Å²) >= 11 is 0. The van der Waals surface area contributed by atoms with Crippen molar-refractivity contribution >= 4 is 10.9 Å². The molecule has 15 heavy (non-hydrogen) atoms. The van der Waals surface area contributed by atoms with Gasteiger partial charge in [-0.1, -0.05) is 19.1 Å². The Kier molecular flexibility index (Phi) is 2.44. The Bertz CT molecular complexity index is 519. The van der Waals surface area contributed by atoms with E-state index in [4.69, 9.17) is 11.0 Å². The van der Waals surface area contributed by atoms with Crippen LogP contribution < -0.4 is 5.73 Å². The zero-order valence-corrected chi connectivity index (χ0v) is 8.62. The standard InChI is InChI=1S/C12H13N3/c1-8(5-13)11-7-15-12-9(6-14)3-2-4-10(11)12/h2-4,7-8,15H,5,13H2,1H3. The lowest BCUT2D eigenvalue weighted by Gasteiger charge is -2.06. The van der Waals surface area contributed by atoms with E-state index in [0.29, 0.717) is 18.0 Å². The minimum absolute atomic E-state index is 0.313. The molecular weight excluding hydrogens is 186 g/mol. The van der Waals surface area contributed by atoms with Gasteiger partial charge in [0.25, 0.3) is 0 Å². The zero-order valence-electron chi connectivity index (χ0n) is 8.62. The summed E-state index contributed by atoms with van der Waals surface area (Å²) < 4.78 is 0. The highest BCUT2D eigenvalue weighted by atomic mass is 14.7. The number of benzene rings is 1. The zero-order chi connectivity index (χ0) is 10.8. The van der Waals surface area contributed by atoms with Crippen molar-refractivity contribution in [3.8, 4) is 6.07 Å². The number of rotatable bonds is 2. The molecule has 0 aliphatic rings. The molecule has 0 fully saturated rings. The van der Waals surface area contributed by atoms with E-state index in [1.165, 1.54) is 5.56 Å². The number of nitrogens with two attached hydrogens (primary N) is 1. The van der Waals surface area contributed by atoms with Crippen LogP contribution in [0.5, 0.6) is 0 Å². The molecule has 0 saturated heterocycles. The Hall–Kier alpha value is -1.79. The Morgan fingerprint density at radius 1 is 1.53 bits per heavy atom. The minimum Gasteiger partial charge on any atom is -0.360 e. The average Bonchev–Trinajstić information content (AvgIpc) is 2.71. The number of hydrogen-bond donors (Lipinski definition) is 2. The number of hydrogen-bond acceptors (Lipinski definition) is 2. The van der Waals surface area contributed by atoms with Crippen molar-refractivity contribution in [3.63, 3.8) is 0 Å². The molecule has 3 heteroatoms. The molecule has 0 aliphatic heterocycles. The fourth-order valence-electron chi connectivity index (χ4n) is 1.80. The molecule has 1 heterocycles. The van der Waals surface area contributed by atoms with Crippen molar-refractivity contribution in [1.29, 1.82) is 5.26 Å². The van der Waals surface area contributed by atoms with Crippen LogP contribution in [0.15, 0.2) is 24.4 Å². The van der Waals surface area contributed by atoms with E-state index in [1.54, 1.807) is 0 Å². The van der Waals surface area contributed by atoms with Crippen LogP contribution in [0.25, 0.3) is 10.9 Å². The van der Waals surface area contributed by atoms with E-state index in [2.05, 4.69) is 18.0 Å². The molecule has 1 aromatic heterocycles. The summed E-state index contributed by atoms with van der Waals surface area (Å²) in [4.78, 5) is 3.14. The highest BCUT2D eigenvalue weighted by molar-refractivity contribution is 5.88. The van der Waals surface area contributed by atoms with Crippen LogP contribution in [0, 0.1) is 11.3 Å². The third-order valence-electron chi connectivity index (χ3n) is 2.75. The predicted octanol–water partition coefficient (Wildman–Crippen LogP) is 2.10. The number of H-pyrrole nitrogens is 1. The van der Waals surface area contributed by atoms with Gasteiger partial charge in [0.05, 0.1) is 11.1 Å². The molecule has 0 saturated carbocycles. The van der Waals surface area contributed by atoms with Crippen molar-refractivity contribution in [2.75, 3.05) is 6.54 Å². The highest BCUT2D eigenvalue weighted by Gasteiger charge is 2.11. The Balaban J connectivity index is 2.67. The van der Waals surface area contributed by atoms with Crippen molar-refractivity contribution < 1.29 is 0 Å². The molecule has 2 aromatic rings. The number of aromatic nitrogens is 1. The third kappa shape index (κ3) is 1.49. The van der Waals surface area contributed by atoms with Gasteiger partial charge in [0.2, 0.25) is 0 Å². The first-order valence-electron chi connectivity index (χ1n) is 4.98. The van der Waals surface area contributed by atoms with Gasteiger partial charge in [-0.25, -0.2) is 0 Å². The molecule has 0 bridgehead atoms. The van der Waals surface area contributed by atoms with Gasteiger partial charge in [0, 0.05) is 11.6 Å². The van der Waals surface area contributed by atoms with Crippen LogP contribution in [0.2, 0.25) is 0 Å². The summed E-state index contributed by atoms with van der Waals surface area (Å²) in [7, 11) is 0. The Morgan fingerprint density at radius 3 is 3.00 bits per heavy atom. The molecule has 1 unspecified atom stereocenters. The summed E-state index contributed by atoms with van der Waals surface area (Å²) in [5.41, 5.74) is 8.43. The Morgan fingerprint density at radius 2 is 2.33 bits per heavy atom. The SMILES string of the molecule is CC(CN)c1c[nH]c2c(C#N)cccc12. The summed E-state index contributed by atoms with van der Waals surface area (Å²) in [5, 5.41) is 10.0. The van der Waals surface area contributed by atoms with Crippen LogP contribution in [0.3, 0.4) is 0 Å². The second kappa shape index (κ2) is 3.76. The van der Waals surface area contributed by atoms with E-state index < -0.39 is 0 Å². The number of nitrogens with one attached hydrogen (secondary N) is 1. The molecule has 3 nitrogen and oxygen atoms in total. The number of aromatic amines is 1. The van der Waals surface area contributed by atoms with Crippen LogP contribution >= 0.6 is 0 Å². The second-order valence-electron chi connectivity index (χ2n) is 3.72. The lowest BCUT2D eigenvalue weighted by molar-refractivity contribution is 0.780. The van der Waals surface area contributed by atoms with Crippen LogP contribution in [0.4, 0.5) is 0 Å². The first kappa shape index (κ1) is 9.75. The van der Waals surface area contributed by atoms with Crippen LogP contribution in [-0.2, 0) is 0 Å². The van der Waals surface area contributed by atoms with E-state index in [1.807, 2.05) is 24.4 Å². The molecule has 0 aliphatic carbocycles. The number of para-hydroxylation sites is 1. The first-order valence-corrected chi connectivity index (χ1v) is 4.98. The van der Waals surface area contributed by atoms with Gasteiger partial charge in [-0.3, -0.25) is 0 Å². The van der Waals surface area contributed by atoms with Gasteiger partial charge in [-0.05, 0) is 24.1 Å². The largest absolute Gasteiger partial charge is 0.360 e. The molecule has 1 aromatic carbocycles. The number of fused-ring (bicyclic) bond motifs is 1. The molecule has 3 N–H and O–H groups in total. The molecule has 0 spiro atoms. The van der Waals surface area contributed by atoms with Crippen molar-refractivity contribution in [3.05, 3.63) is 35.5 Å². The molecule has 2 rings (SSSR count). The lowest BCUT2D eigenvalue weighted by Crippen LogP contribution is -2.08. The Labute approximate surface area is 88.5 Å². The quantitative estimate of drug-likeness (QED) is 0.777. The smallest absolute Gasteiger partial charge is 0.101 e. The maximum absolute atomic E-state index is 8.95. The van der Waals surface area contributed by atoms with Gasteiger partial charge in [-0.2, -0.15) is 5.26 Å². The van der Waals surface area contributed by atoms with Gasteiger partial charge >= 0.3 is 0 Å². The molecule has 0 radical (unpaired) electrons. The highest BCUT2D eigenvalue weighted by Crippen LogP contribution is 2.26. The second-order valence-corrected chi connectivity index (χ2v) is 3.72. The number of nitriles is 1. The first-order chi connectivity index (χ1) is 7.27. The van der Waals surface area contributed by atoms with Crippen molar-refractivity contribution in [2.24, 2.45) is 5.73 Å². The fraction of sp³-hybridized carbons (Fsp3) is 0.250. The van der Waals surface area contributed by atoms with Gasteiger partial charge in [-0.15, -0.1) is 0 Å². The maximum Gasteiger partial charge on any atom is 0.101 e. The molecular formula is C12H13N3. The van der Waals surface area contributed by atoms with E-state index in [9.17, 15) is 0 Å². The molecule has 76 valence electrons. The molecule has 1 atom stereocenters. The van der Waals surface area contributed by atoms with Gasteiger partial charge < -0.3 is 10.7 Å². The van der Waals surface area contributed by atoms with Crippen molar-refractivity contribution in [1.82, 2.24) is 4.98 Å².